The summed E-state index contributed by atoms with van der Waals surface area (Å²) < 4.78 is 0. The van der Waals surface area contributed by atoms with Crippen molar-refractivity contribution in [3.63, 3.8) is 0 Å². The lowest BCUT2D eigenvalue weighted by atomic mass is 9.98. The number of nitrogens with one attached hydrogen (secondary N) is 1. The van der Waals surface area contributed by atoms with Crippen molar-refractivity contribution in [2.24, 2.45) is 5.10 Å². The van der Waals surface area contributed by atoms with Crippen molar-refractivity contribution < 1.29 is 4.79 Å². The zero-order valence-electron chi connectivity index (χ0n) is 15.9. The van der Waals surface area contributed by atoms with Crippen molar-refractivity contribution in [3.8, 4) is 0 Å². The van der Waals surface area contributed by atoms with Gasteiger partial charge in [-0.05, 0) is 36.6 Å². The van der Waals surface area contributed by atoms with E-state index >= 15 is 0 Å². The van der Waals surface area contributed by atoms with Crippen LogP contribution >= 0.6 is 34.8 Å². The molecule has 2 heterocycles. The van der Waals surface area contributed by atoms with Gasteiger partial charge in [-0.3, -0.25) is 15.2 Å². The van der Waals surface area contributed by atoms with Crippen molar-refractivity contribution in [1.29, 1.82) is 0 Å². The molecule has 0 bridgehead atoms. The fraction of sp³-hybridized carbons (Fsp3) is 0.429. The number of hydrogen-bond acceptors (Lipinski definition) is 4. The molecule has 154 valence electrons. The van der Waals surface area contributed by atoms with E-state index in [4.69, 9.17) is 34.8 Å². The van der Waals surface area contributed by atoms with Crippen LogP contribution in [0.2, 0.25) is 5.02 Å². The Bertz CT molecular complexity index is 848. The van der Waals surface area contributed by atoms with Gasteiger partial charge in [-0.1, -0.05) is 60.0 Å². The van der Waals surface area contributed by atoms with E-state index in [1.807, 2.05) is 53.6 Å². The lowest BCUT2D eigenvalue weighted by Gasteiger charge is -2.40. The largest absolute Gasteiger partial charge is 0.284 e. The van der Waals surface area contributed by atoms with E-state index < -0.39 is 10.4 Å². The number of halogens is 3. The molecule has 3 unspecified atom stereocenters. The first kappa shape index (κ1) is 20.7. The van der Waals surface area contributed by atoms with Gasteiger partial charge >= 0.3 is 0 Å². The van der Waals surface area contributed by atoms with Crippen molar-refractivity contribution >= 4 is 46.4 Å². The lowest BCUT2D eigenvalue weighted by Crippen LogP contribution is -2.47. The highest BCUT2D eigenvalue weighted by Gasteiger charge is 2.47. The van der Waals surface area contributed by atoms with Gasteiger partial charge in [-0.2, -0.15) is 5.10 Å². The molecular weight excluding hydrogens is 431 g/mol. The summed E-state index contributed by atoms with van der Waals surface area (Å²) in [4.78, 5) is 11.9. The maximum absolute atomic E-state index is 12.9. The summed E-state index contributed by atoms with van der Waals surface area (Å²) in [5.74, 6) is -0.185. The Kier molecular flexibility index (Phi) is 6.21. The summed E-state index contributed by atoms with van der Waals surface area (Å²) in [6, 6.07) is 7.32. The summed E-state index contributed by atoms with van der Waals surface area (Å²) in [7, 11) is 0. The molecule has 0 aromatic heterocycles. The Labute approximate surface area is 185 Å². The van der Waals surface area contributed by atoms with Crippen molar-refractivity contribution in [3.05, 3.63) is 59.2 Å². The van der Waals surface area contributed by atoms with Gasteiger partial charge in [0.25, 0.3) is 5.91 Å². The molecule has 0 spiro atoms. The van der Waals surface area contributed by atoms with E-state index in [1.54, 1.807) is 5.01 Å². The molecule has 1 N–H and O–H groups in total. The predicted molar refractivity (Wildman–Crippen MR) is 118 cm³/mol. The fourth-order valence-corrected chi connectivity index (χ4v) is 4.59. The minimum atomic E-state index is -1.06. The Morgan fingerprint density at radius 1 is 1.14 bits per heavy atom. The molecule has 1 amide bonds. The number of benzene rings is 1. The molecular formula is C21H23Cl3N4O. The van der Waals surface area contributed by atoms with Gasteiger partial charge in [0, 0.05) is 24.5 Å². The molecule has 1 aromatic carbocycles. The number of carbonyl (C=O) groups excluding carboxylic acids is 1. The van der Waals surface area contributed by atoms with Crippen LogP contribution in [-0.4, -0.2) is 45.1 Å². The van der Waals surface area contributed by atoms with E-state index in [2.05, 4.69) is 10.5 Å². The second-order valence-electron chi connectivity index (χ2n) is 7.52. The third-order valence-electron chi connectivity index (χ3n) is 5.50. The smallest absolute Gasteiger partial charge is 0.281 e. The molecule has 0 saturated carbocycles. The van der Waals surface area contributed by atoms with Gasteiger partial charge in [-0.25, -0.2) is 5.01 Å². The summed E-state index contributed by atoms with van der Waals surface area (Å²) in [5.41, 5.74) is 4.42. The first-order chi connectivity index (χ1) is 14.0. The molecule has 1 aliphatic carbocycles. The maximum atomic E-state index is 12.9. The number of allylic oxidation sites excluding steroid dienone is 2. The maximum Gasteiger partial charge on any atom is 0.281 e. The monoisotopic (exact) mass is 452 g/mol. The van der Waals surface area contributed by atoms with Gasteiger partial charge < -0.3 is 0 Å². The number of alkyl halides is 2. The van der Waals surface area contributed by atoms with Gasteiger partial charge in [0.15, 0.2) is 5.00 Å². The lowest BCUT2D eigenvalue weighted by molar-refractivity contribution is -0.119. The van der Waals surface area contributed by atoms with Crippen LogP contribution in [0.15, 0.2) is 53.7 Å². The Morgan fingerprint density at radius 3 is 2.55 bits per heavy atom. The van der Waals surface area contributed by atoms with Crippen LogP contribution in [0, 0.1) is 0 Å². The van der Waals surface area contributed by atoms with E-state index in [0.717, 1.165) is 31.5 Å². The average Bonchev–Trinajstić information content (AvgIpc) is 3.18. The third-order valence-corrected chi connectivity index (χ3v) is 6.88. The highest BCUT2D eigenvalue weighted by molar-refractivity contribution is 6.39. The van der Waals surface area contributed by atoms with E-state index in [-0.39, 0.29) is 11.9 Å². The number of amides is 1. The van der Waals surface area contributed by atoms with Crippen LogP contribution in [0.5, 0.6) is 0 Å². The normalized spacial score (nSPS) is 29.8. The average molecular weight is 454 g/mol. The molecule has 3 atom stereocenters. The van der Waals surface area contributed by atoms with Crippen LogP contribution in [0.3, 0.4) is 0 Å². The van der Waals surface area contributed by atoms with Crippen molar-refractivity contribution in [2.45, 2.75) is 42.1 Å². The van der Waals surface area contributed by atoms with Crippen LogP contribution in [-0.2, 0) is 4.79 Å². The van der Waals surface area contributed by atoms with E-state index in [9.17, 15) is 4.79 Å². The molecule has 3 aliphatic rings. The molecule has 1 fully saturated rings. The topological polar surface area (TPSA) is 47.9 Å². The van der Waals surface area contributed by atoms with Crippen LogP contribution in [0.25, 0.3) is 0 Å². The first-order valence-electron chi connectivity index (χ1n) is 9.84. The zero-order valence-corrected chi connectivity index (χ0v) is 18.2. The van der Waals surface area contributed by atoms with Crippen LogP contribution in [0.1, 0.15) is 37.3 Å². The standard InChI is InChI=1S/C21H23Cl3N4O/c22-16-9-7-15(8-10-16)18-14-17(20(29)26-27-12-4-1-5-13-27)25-28(18)21(24)11-3-2-6-19(21)23/h2-3,6-11,18-19H,1,4-5,12-14H2,(H,26,29). The molecule has 8 heteroatoms. The second kappa shape index (κ2) is 8.68. The predicted octanol–water partition coefficient (Wildman–Crippen LogP) is 4.63. The summed E-state index contributed by atoms with van der Waals surface area (Å²) in [6.07, 6.45) is 11.2. The van der Waals surface area contributed by atoms with Gasteiger partial charge in [-0.15, -0.1) is 11.6 Å². The number of carbonyl (C=O) groups is 1. The van der Waals surface area contributed by atoms with E-state index in [1.165, 1.54) is 6.42 Å². The van der Waals surface area contributed by atoms with Gasteiger partial charge in [0.2, 0.25) is 0 Å². The Balaban J connectivity index is 1.61. The molecule has 0 radical (unpaired) electrons. The molecule has 4 rings (SSSR count). The second-order valence-corrected chi connectivity index (χ2v) is 9.04. The van der Waals surface area contributed by atoms with Gasteiger partial charge in [0.05, 0.1) is 11.4 Å². The quantitative estimate of drug-likeness (QED) is 0.534. The first-order valence-corrected chi connectivity index (χ1v) is 11.0. The minimum absolute atomic E-state index is 0.185. The van der Waals surface area contributed by atoms with Gasteiger partial charge in [0.1, 0.15) is 5.71 Å². The molecule has 29 heavy (non-hydrogen) atoms. The highest BCUT2D eigenvalue weighted by Crippen LogP contribution is 2.44. The van der Waals surface area contributed by atoms with Crippen molar-refractivity contribution in [1.82, 2.24) is 15.4 Å². The Hall–Kier alpha value is -1.53. The van der Waals surface area contributed by atoms with Crippen LogP contribution < -0.4 is 5.43 Å². The summed E-state index contributed by atoms with van der Waals surface area (Å²) in [6.45, 7) is 1.72. The number of piperidine rings is 1. The van der Waals surface area contributed by atoms with E-state index in [0.29, 0.717) is 17.2 Å². The number of rotatable bonds is 4. The summed E-state index contributed by atoms with van der Waals surface area (Å²) in [5, 5.41) is 8.54. The molecule has 5 nitrogen and oxygen atoms in total. The van der Waals surface area contributed by atoms with Crippen LogP contribution in [0.4, 0.5) is 0 Å². The highest BCUT2D eigenvalue weighted by atomic mass is 35.5. The SMILES string of the molecule is O=C(NN1CCCCC1)C1=NN(C2(Cl)C=CC=CC2Cl)C(c2ccc(Cl)cc2)C1. The fourth-order valence-electron chi connectivity index (χ4n) is 3.90. The number of nitrogens with zero attached hydrogens (tertiary/aromatic N) is 3. The number of hydrogen-bond donors (Lipinski definition) is 1. The zero-order chi connectivity index (χ0) is 20.4. The van der Waals surface area contributed by atoms with Crippen molar-refractivity contribution in [2.75, 3.05) is 13.1 Å². The number of hydrazine groups is 1. The molecule has 1 aromatic rings. The summed E-state index contributed by atoms with van der Waals surface area (Å²) >= 11 is 19.6. The minimum Gasteiger partial charge on any atom is -0.284 e. The molecule has 1 saturated heterocycles. The number of hydrazone groups is 1. The third kappa shape index (κ3) is 4.33. The Morgan fingerprint density at radius 2 is 1.86 bits per heavy atom. The molecule has 2 aliphatic heterocycles.